The molecule has 0 heterocycles. The van der Waals surface area contributed by atoms with Crippen molar-refractivity contribution in [2.24, 2.45) is 0 Å². The maximum atomic E-state index is 12.3. The van der Waals surface area contributed by atoms with E-state index in [-0.39, 0.29) is 26.1 Å². The minimum absolute atomic E-state index is 0.0757. The lowest BCUT2D eigenvalue weighted by molar-refractivity contribution is -0.870. The van der Waals surface area contributed by atoms with Crippen LogP contribution < -0.4 is 4.89 Å². The molecule has 0 radical (unpaired) electrons. The molecule has 260 valence electrons. The van der Waals surface area contributed by atoms with E-state index in [1.165, 1.54) is 77.0 Å². The van der Waals surface area contributed by atoms with Crippen LogP contribution in [0, 0.1) is 0 Å². The maximum Gasteiger partial charge on any atom is 0.268 e. The van der Waals surface area contributed by atoms with Gasteiger partial charge in [0.2, 0.25) is 0 Å². The van der Waals surface area contributed by atoms with Crippen LogP contribution in [0.15, 0.2) is 0 Å². The van der Waals surface area contributed by atoms with Crippen LogP contribution in [0.4, 0.5) is 0 Å². The fourth-order valence-electron chi connectivity index (χ4n) is 4.65. The first-order chi connectivity index (χ1) is 20.6. The van der Waals surface area contributed by atoms with Crippen molar-refractivity contribution >= 4 is 7.82 Å². The number of phosphoric ester groups is 1. The normalized spacial score (nSPS) is 14.4. The van der Waals surface area contributed by atoms with E-state index in [4.69, 9.17) is 28.0 Å². The van der Waals surface area contributed by atoms with Crippen molar-refractivity contribution in [1.29, 1.82) is 0 Å². The molecule has 0 aromatic rings. The number of rotatable bonds is 34. The van der Waals surface area contributed by atoms with E-state index in [0.717, 1.165) is 32.1 Å². The number of ether oxygens (including phenoxy) is 4. The minimum atomic E-state index is -4.41. The number of nitrogens with zero attached hydrogens (tertiary/aromatic N) is 1. The lowest BCUT2D eigenvalue weighted by atomic mass is 10.0. The molecule has 1 unspecified atom stereocenters. The quantitative estimate of drug-likeness (QED) is 0.0307. The van der Waals surface area contributed by atoms with E-state index in [9.17, 15) is 9.46 Å². The van der Waals surface area contributed by atoms with Gasteiger partial charge >= 0.3 is 0 Å². The Balaban J connectivity index is 4.22. The van der Waals surface area contributed by atoms with E-state index in [1.807, 2.05) is 35.0 Å². The molecule has 0 fully saturated rings. The van der Waals surface area contributed by atoms with Crippen LogP contribution in [-0.2, 0) is 32.6 Å². The largest absolute Gasteiger partial charge is 0.756 e. The second kappa shape index (κ2) is 29.3. The summed E-state index contributed by atoms with van der Waals surface area (Å²) in [7, 11) is 1.52. The SMILES string of the molecule is CCCCCCCCCCCCCCCCOC[C@H](COP(=O)([O-])OCC[N+](C)(C)C)OCCCCC(OCC)OCC. The van der Waals surface area contributed by atoms with Crippen molar-refractivity contribution in [2.45, 2.75) is 142 Å². The molecule has 0 aromatic heterocycles. The highest BCUT2D eigenvalue weighted by atomic mass is 31.2. The van der Waals surface area contributed by atoms with Gasteiger partial charge in [-0.1, -0.05) is 90.4 Å². The minimum Gasteiger partial charge on any atom is -0.756 e. The molecule has 0 saturated carbocycles. The third-order valence-electron chi connectivity index (χ3n) is 7.27. The number of phosphoric acid groups is 1. The van der Waals surface area contributed by atoms with Gasteiger partial charge in [-0.05, 0) is 39.5 Å². The van der Waals surface area contributed by atoms with E-state index in [2.05, 4.69) is 6.92 Å². The topological polar surface area (TPSA) is 95.5 Å². The summed E-state index contributed by atoms with van der Waals surface area (Å²) in [6, 6.07) is 0. The summed E-state index contributed by atoms with van der Waals surface area (Å²) in [6.45, 7) is 9.33. The third kappa shape index (κ3) is 31.7. The molecule has 0 amide bonds. The van der Waals surface area contributed by atoms with Gasteiger partial charge in [-0.15, -0.1) is 0 Å². The molecular formula is C33H70NO8P. The fourth-order valence-corrected chi connectivity index (χ4v) is 5.37. The molecule has 10 heteroatoms. The summed E-state index contributed by atoms with van der Waals surface area (Å²) in [4.78, 5) is 12.3. The Morgan fingerprint density at radius 3 is 1.63 bits per heavy atom. The van der Waals surface area contributed by atoms with Crippen molar-refractivity contribution < 1.29 is 41.9 Å². The smallest absolute Gasteiger partial charge is 0.268 e. The van der Waals surface area contributed by atoms with Gasteiger partial charge in [0.1, 0.15) is 19.3 Å². The van der Waals surface area contributed by atoms with E-state index in [0.29, 0.717) is 37.5 Å². The predicted octanol–water partition coefficient (Wildman–Crippen LogP) is 7.65. The Morgan fingerprint density at radius 2 is 1.12 bits per heavy atom. The average Bonchev–Trinajstić information content (AvgIpc) is 2.94. The molecule has 0 aliphatic heterocycles. The Morgan fingerprint density at radius 1 is 0.605 bits per heavy atom. The Labute approximate surface area is 265 Å². The number of quaternary nitrogens is 1. The summed E-state index contributed by atoms with van der Waals surface area (Å²) >= 11 is 0. The van der Waals surface area contributed by atoms with Gasteiger partial charge < -0.3 is 37.4 Å². The molecule has 2 atom stereocenters. The van der Waals surface area contributed by atoms with Gasteiger partial charge in [0.25, 0.3) is 7.82 Å². The highest BCUT2D eigenvalue weighted by Crippen LogP contribution is 2.38. The Hall–Kier alpha value is -0.0900. The highest BCUT2D eigenvalue weighted by Gasteiger charge is 2.18. The van der Waals surface area contributed by atoms with E-state index < -0.39 is 13.9 Å². The molecule has 0 rings (SSSR count). The zero-order valence-corrected chi connectivity index (χ0v) is 29.9. The van der Waals surface area contributed by atoms with Gasteiger partial charge in [0.05, 0.1) is 34.4 Å². The lowest BCUT2D eigenvalue weighted by Gasteiger charge is -2.28. The van der Waals surface area contributed by atoms with Crippen molar-refractivity contribution in [3.05, 3.63) is 0 Å². The van der Waals surface area contributed by atoms with Crippen LogP contribution in [0.5, 0.6) is 0 Å². The molecule has 0 aliphatic carbocycles. The standard InChI is InChI=1S/C33H70NO8P/c1-7-10-11-12-13-14-15-16-17-18-19-20-21-23-27-37-30-32(31-42-43(35,36)41-29-26-34(4,5)6)40-28-24-22-25-33(38-8-2)39-9-3/h32-33H,7-31H2,1-6H3/t32-/m1/s1. The molecule has 0 bridgehead atoms. The maximum absolute atomic E-state index is 12.3. The van der Waals surface area contributed by atoms with Gasteiger partial charge in [0, 0.05) is 26.4 Å². The Bertz CT molecular complexity index is 629. The van der Waals surface area contributed by atoms with Crippen LogP contribution in [0.25, 0.3) is 0 Å². The van der Waals surface area contributed by atoms with Crippen LogP contribution >= 0.6 is 7.82 Å². The van der Waals surface area contributed by atoms with Gasteiger partial charge in [-0.25, -0.2) is 0 Å². The summed E-state index contributed by atoms with van der Waals surface area (Å²) in [5.41, 5.74) is 0. The van der Waals surface area contributed by atoms with Crippen LogP contribution in [0.2, 0.25) is 0 Å². The number of unbranched alkanes of at least 4 members (excludes halogenated alkanes) is 14. The molecule has 0 saturated heterocycles. The van der Waals surface area contributed by atoms with E-state index >= 15 is 0 Å². The molecule has 43 heavy (non-hydrogen) atoms. The lowest BCUT2D eigenvalue weighted by Crippen LogP contribution is -2.37. The van der Waals surface area contributed by atoms with Crippen LogP contribution in [0.1, 0.15) is 130 Å². The predicted molar refractivity (Wildman–Crippen MR) is 174 cm³/mol. The van der Waals surface area contributed by atoms with Crippen molar-refractivity contribution in [3.8, 4) is 0 Å². The Kier molecular flexibility index (Phi) is 29.3. The zero-order valence-electron chi connectivity index (χ0n) is 29.0. The van der Waals surface area contributed by atoms with Crippen LogP contribution in [0.3, 0.4) is 0 Å². The second-order valence-corrected chi connectivity index (χ2v) is 14.0. The number of hydrogen-bond acceptors (Lipinski definition) is 8. The van der Waals surface area contributed by atoms with Gasteiger partial charge in [0.15, 0.2) is 6.29 Å². The first-order valence-electron chi connectivity index (χ1n) is 17.5. The third-order valence-corrected chi connectivity index (χ3v) is 8.23. The van der Waals surface area contributed by atoms with E-state index in [1.54, 1.807) is 0 Å². The second-order valence-electron chi connectivity index (χ2n) is 12.6. The molecule has 0 N–H and O–H groups in total. The van der Waals surface area contributed by atoms with Crippen molar-refractivity contribution in [3.63, 3.8) is 0 Å². The van der Waals surface area contributed by atoms with Crippen molar-refractivity contribution in [2.75, 3.05) is 73.9 Å². The molecule has 0 spiro atoms. The zero-order chi connectivity index (χ0) is 32.1. The van der Waals surface area contributed by atoms with Gasteiger partial charge in [-0.2, -0.15) is 0 Å². The summed E-state index contributed by atoms with van der Waals surface area (Å²) in [5.74, 6) is 0. The average molecular weight is 640 g/mol. The summed E-state index contributed by atoms with van der Waals surface area (Å²) in [6.07, 6.45) is 20.2. The summed E-state index contributed by atoms with van der Waals surface area (Å²) < 4.78 is 46.1. The first kappa shape index (κ1) is 42.9. The molecule has 0 aromatic carbocycles. The summed E-state index contributed by atoms with van der Waals surface area (Å²) in [5, 5.41) is 0. The monoisotopic (exact) mass is 639 g/mol. The first-order valence-corrected chi connectivity index (χ1v) is 18.9. The fraction of sp³-hybridized carbons (Fsp3) is 1.00. The highest BCUT2D eigenvalue weighted by molar-refractivity contribution is 7.45. The number of likely N-dealkylation sites (N-methyl/N-ethyl adjacent to an activating group) is 1. The van der Waals surface area contributed by atoms with Crippen LogP contribution in [-0.4, -0.2) is 90.8 Å². The van der Waals surface area contributed by atoms with Crippen molar-refractivity contribution in [1.82, 2.24) is 0 Å². The molecular weight excluding hydrogens is 569 g/mol. The molecule has 0 aliphatic rings. The van der Waals surface area contributed by atoms with Gasteiger partial charge in [-0.3, -0.25) is 4.57 Å². The molecule has 9 nitrogen and oxygen atoms in total. The number of hydrogen-bond donors (Lipinski definition) is 0.